The highest BCUT2D eigenvalue weighted by Gasteiger charge is 2.43. The summed E-state index contributed by atoms with van der Waals surface area (Å²) in [5, 5.41) is 0. The van der Waals surface area contributed by atoms with Crippen molar-refractivity contribution in [2.45, 2.75) is 56.2 Å². The first-order valence-electron chi connectivity index (χ1n) is 7.50. The molecule has 3 fully saturated rings. The van der Waals surface area contributed by atoms with Crippen LogP contribution >= 0.6 is 11.8 Å². The normalized spacial score (nSPS) is 32.0. The van der Waals surface area contributed by atoms with Gasteiger partial charge in [-0.25, -0.2) is 0 Å². The van der Waals surface area contributed by atoms with Gasteiger partial charge < -0.3 is 10.5 Å². The average molecular weight is 270 g/mol. The minimum atomic E-state index is 0.218. The number of rotatable bonds is 4. The van der Waals surface area contributed by atoms with Gasteiger partial charge in [0.25, 0.3) is 0 Å². The van der Waals surface area contributed by atoms with Crippen molar-refractivity contribution in [1.29, 1.82) is 0 Å². The molecule has 1 spiro atoms. The smallest absolute Gasteiger partial charge is 0.0713 e. The Bertz CT molecular complexity index is 271. The number of ether oxygens (including phenoxy) is 1. The third-order valence-corrected chi connectivity index (χ3v) is 5.73. The van der Waals surface area contributed by atoms with E-state index < -0.39 is 0 Å². The fourth-order valence-corrected chi connectivity index (χ4v) is 4.83. The maximum atomic E-state index is 6.19. The van der Waals surface area contributed by atoms with Gasteiger partial charge in [-0.3, -0.25) is 4.90 Å². The molecule has 3 rings (SSSR count). The van der Waals surface area contributed by atoms with Gasteiger partial charge in [0.15, 0.2) is 0 Å². The van der Waals surface area contributed by atoms with E-state index in [9.17, 15) is 0 Å². The lowest BCUT2D eigenvalue weighted by Gasteiger charge is -2.46. The summed E-state index contributed by atoms with van der Waals surface area (Å²) >= 11 is 2.09. The zero-order valence-electron chi connectivity index (χ0n) is 11.3. The molecule has 1 aliphatic carbocycles. The van der Waals surface area contributed by atoms with Gasteiger partial charge in [0.05, 0.1) is 5.60 Å². The summed E-state index contributed by atoms with van der Waals surface area (Å²) in [7, 11) is 0. The van der Waals surface area contributed by atoms with Gasteiger partial charge in [-0.2, -0.15) is 11.8 Å². The van der Waals surface area contributed by atoms with Crippen LogP contribution in [0, 0.1) is 0 Å². The van der Waals surface area contributed by atoms with Gasteiger partial charge in [-0.15, -0.1) is 0 Å². The van der Waals surface area contributed by atoms with Gasteiger partial charge in [0.1, 0.15) is 0 Å². The van der Waals surface area contributed by atoms with Gasteiger partial charge >= 0.3 is 0 Å². The molecule has 0 bridgehead atoms. The second-order valence-corrected chi connectivity index (χ2v) is 7.27. The number of hydrogen-bond donors (Lipinski definition) is 1. The second kappa shape index (κ2) is 5.70. The second-order valence-electron chi connectivity index (χ2n) is 6.05. The van der Waals surface area contributed by atoms with Crippen molar-refractivity contribution < 1.29 is 4.74 Å². The Kier molecular flexibility index (Phi) is 4.18. The molecule has 2 N–H and O–H groups in total. The minimum absolute atomic E-state index is 0.218. The first-order valence-corrected chi connectivity index (χ1v) is 8.66. The number of nitrogens with zero attached hydrogens (tertiary/aromatic N) is 1. The van der Waals surface area contributed by atoms with Crippen LogP contribution in [0.1, 0.15) is 38.5 Å². The summed E-state index contributed by atoms with van der Waals surface area (Å²) in [5.74, 6) is 2.57. The van der Waals surface area contributed by atoms with Gasteiger partial charge in [-0.05, 0) is 50.0 Å². The Balaban J connectivity index is 1.64. The van der Waals surface area contributed by atoms with Crippen molar-refractivity contribution in [2.24, 2.45) is 5.73 Å². The molecule has 1 unspecified atom stereocenters. The number of thioether (sulfide) groups is 1. The zero-order valence-corrected chi connectivity index (χ0v) is 12.1. The SMILES string of the molecule is NCCN(C1CC1)C1CCOC2(CCSCC2)C1. The van der Waals surface area contributed by atoms with Crippen LogP contribution in [0.5, 0.6) is 0 Å². The number of hydrogen-bond acceptors (Lipinski definition) is 4. The average Bonchev–Trinajstić information content (AvgIpc) is 3.21. The molecule has 2 saturated heterocycles. The lowest BCUT2D eigenvalue weighted by molar-refractivity contribution is -0.111. The van der Waals surface area contributed by atoms with E-state index in [0.717, 1.165) is 31.8 Å². The molecule has 0 aromatic rings. The Morgan fingerprint density at radius 3 is 2.61 bits per heavy atom. The topological polar surface area (TPSA) is 38.5 Å². The Hall–Kier alpha value is 0.230. The molecule has 18 heavy (non-hydrogen) atoms. The van der Waals surface area contributed by atoms with Crippen LogP contribution in [0.2, 0.25) is 0 Å². The molecule has 2 aliphatic heterocycles. The quantitative estimate of drug-likeness (QED) is 0.846. The summed E-state index contributed by atoms with van der Waals surface area (Å²) in [6, 6.07) is 1.57. The van der Waals surface area contributed by atoms with Crippen molar-refractivity contribution in [3.05, 3.63) is 0 Å². The molecule has 0 radical (unpaired) electrons. The van der Waals surface area contributed by atoms with Crippen molar-refractivity contribution in [3.63, 3.8) is 0 Å². The monoisotopic (exact) mass is 270 g/mol. The zero-order chi connectivity index (χ0) is 12.4. The molecule has 4 heteroatoms. The summed E-state index contributed by atoms with van der Waals surface area (Å²) in [5.41, 5.74) is 6.01. The first kappa shape index (κ1) is 13.2. The lowest BCUT2D eigenvalue weighted by Crippen LogP contribution is -2.51. The summed E-state index contributed by atoms with van der Waals surface area (Å²) in [6.07, 6.45) is 7.76. The van der Waals surface area contributed by atoms with Crippen molar-refractivity contribution in [2.75, 3.05) is 31.2 Å². The van der Waals surface area contributed by atoms with Crippen molar-refractivity contribution >= 4 is 11.8 Å². The highest BCUT2D eigenvalue weighted by Crippen LogP contribution is 2.41. The van der Waals surface area contributed by atoms with Crippen molar-refractivity contribution in [3.8, 4) is 0 Å². The van der Waals surface area contributed by atoms with E-state index in [4.69, 9.17) is 10.5 Å². The Morgan fingerprint density at radius 1 is 1.17 bits per heavy atom. The Morgan fingerprint density at radius 2 is 1.94 bits per heavy atom. The van der Waals surface area contributed by atoms with Crippen LogP contribution in [0.4, 0.5) is 0 Å². The van der Waals surface area contributed by atoms with E-state index in [-0.39, 0.29) is 5.60 Å². The van der Waals surface area contributed by atoms with Gasteiger partial charge in [0, 0.05) is 31.8 Å². The summed E-state index contributed by atoms with van der Waals surface area (Å²) < 4.78 is 6.19. The Labute approximate surface area is 115 Å². The maximum Gasteiger partial charge on any atom is 0.0713 e. The highest BCUT2D eigenvalue weighted by atomic mass is 32.2. The highest BCUT2D eigenvalue weighted by molar-refractivity contribution is 7.99. The molecule has 104 valence electrons. The predicted octanol–water partition coefficient (Wildman–Crippen LogP) is 1.85. The standard InChI is InChI=1S/C14H26N2OS/c15-6-7-16(12-1-2-12)13-3-8-17-14(11-13)4-9-18-10-5-14/h12-13H,1-11,15H2. The summed E-state index contributed by atoms with van der Waals surface area (Å²) in [4.78, 5) is 2.70. The van der Waals surface area contributed by atoms with E-state index in [1.165, 1.54) is 50.0 Å². The van der Waals surface area contributed by atoms with Crippen LogP contribution in [0.3, 0.4) is 0 Å². The molecule has 1 atom stereocenters. The molecule has 0 aromatic carbocycles. The number of nitrogens with two attached hydrogens (primary N) is 1. The minimum Gasteiger partial charge on any atom is -0.375 e. The molecule has 2 heterocycles. The first-order chi connectivity index (χ1) is 8.83. The van der Waals surface area contributed by atoms with Crippen LogP contribution < -0.4 is 5.73 Å². The molecule has 0 amide bonds. The van der Waals surface area contributed by atoms with E-state index >= 15 is 0 Å². The molecular weight excluding hydrogens is 244 g/mol. The van der Waals surface area contributed by atoms with Crippen LogP contribution in [0.25, 0.3) is 0 Å². The fourth-order valence-electron chi connectivity index (χ4n) is 3.60. The van der Waals surface area contributed by atoms with Crippen LogP contribution in [0.15, 0.2) is 0 Å². The van der Waals surface area contributed by atoms with Crippen LogP contribution in [-0.4, -0.2) is 53.8 Å². The third-order valence-electron chi connectivity index (χ3n) is 4.74. The van der Waals surface area contributed by atoms with Gasteiger partial charge in [-0.1, -0.05) is 0 Å². The van der Waals surface area contributed by atoms with E-state index in [2.05, 4.69) is 16.7 Å². The van der Waals surface area contributed by atoms with E-state index in [1.54, 1.807) is 0 Å². The van der Waals surface area contributed by atoms with E-state index in [1.807, 2.05) is 0 Å². The molecule has 3 nitrogen and oxygen atoms in total. The van der Waals surface area contributed by atoms with Crippen LogP contribution in [-0.2, 0) is 4.74 Å². The molecular formula is C14H26N2OS. The molecule has 3 aliphatic rings. The molecule has 1 saturated carbocycles. The largest absolute Gasteiger partial charge is 0.375 e. The van der Waals surface area contributed by atoms with Gasteiger partial charge in [0.2, 0.25) is 0 Å². The van der Waals surface area contributed by atoms with E-state index in [0.29, 0.717) is 0 Å². The maximum absolute atomic E-state index is 6.19. The third kappa shape index (κ3) is 2.87. The fraction of sp³-hybridized carbons (Fsp3) is 1.00. The lowest BCUT2D eigenvalue weighted by atomic mass is 9.84. The predicted molar refractivity (Wildman–Crippen MR) is 77.0 cm³/mol. The molecule has 0 aromatic heterocycles. The summed E-state index contributed by atoms with van der Waals surface area (Å²) in [6.45, 7) is 2.85. The van der Waals surface area contributed by atoms with Crippen molar-refractivity contribution in [1.82, 2.24) is 4.90 Å².